The summed E-state index contributed by atoms with van der Waals surface area (Å²) < 4.78 is 0. The first-order valence-corrected chi connectivity index (χ1v) is 7.46. The molecule has 3 heteroatoms. The van der Waals surface area contributed by atoms with E-state index < -0.39 is 0 Å². The Labute approximate surface area is 107 Å². The smallest absolute Gasteiger partial charge is 0.140 e. The predicted molar refractivity (Wildman–Crippen MR) is 72.5 cm³/mol. The summed E-state index contributed by atoms with van der Waals surface area (Å²) in [7, 11) is 0. The highest BCUT2D eigenvalue weighted by Crippen LogP contribution is 2.32. The van der Waals surface area contributed by atoms with Crippen LogP contribution in [0.3, 0.4) is 0 Å². The molecular weight excluding hydrogens is 230 g/mol. The molecule has 2 nitrogen and oxygen atoms in total. The molecule has 17 heavy (non-hydrogen) atoms. The minimum atomic E-state index is -0.0751. The molecule has 1 saturated heterocycles. The van der Waals surface area contributed by atoms with Crippen LogP contribution in [0.25, 0.3) is 0 Å². The fourth-order valence-electron chi connectivity index (χ4n) is 2.66. The minimum Gasteiger partial charge on any atom is -0.316 e. The highest BCUT2D eigenvalue weighted by molar-refractivity contribution is 7.07. The monoisotopic (exact) mass is 251 g/mol. The van der Waals surface area contributed by atoms with Gasteiger partial charge in [0.15, 0.2) is 0 Å². The Hall–Kier alpha value is -0.670. The number of carbonyl (C=O) groups is 1. The second-order valence-electron chi connectivity index (χ2n) is 4.97. The van der Waals surface area contributed by atoms with Gasteiger partial charge in [0.05, 0.1) is 0 Å². The molecule has 0 spiro atoms. The molecule has 1 aliphatic rings. The number of Topliss-reactive ketones (excluding diaryl/α,β-unsaturated/α-hetero) is 1. The number of rotatable bonds is 5. The van der Waals surface area contributed by atoms with Gasteiger partial charge in [-0.1, -0.05) is 6.92 Å². The lowest BCUT2D eigenvalue weighted by Gasteiger charge is -2.35. The fraction of sp³-hybridized carbons (Fsp3) is 0.643. The number of hydrogen-bond donors (Lipinski definition) is 1. The fourth-order valence-corrected chi connectivity index (χ4v) is 3.37. The maximum atomic E-state index is 12.4. The molecule has 0 radical (unpaired) electrons. The van der Waals surface area contributed by atoms with E-state index in [4.69, 9.17) is 0 Å². The van der Waals surface area contributed by atoms with E-state index in [2.05, 4.69) is 29.1 Å². The van der Waals surface area contributed by atoms with Gasteiger partial charge in [-0.05, 0) is 54.6 Å². The average molecular weight is 251 g/mol. The molecule has 2 rings (SSSR count). The number of thiophene rings is 1. The van der Waals surface area contributed by atoms with Crippen LogP contribution in [-0.4, -0.2) is 18.9 Å². The lowest BCUT2D eigenvalue weighted by molar-refractivity contribution is -0.130. The molecule has 1 fully saturated rings. The van der Waals surface area contributed by atoms with Crippen molar-refractivity contribution in [2.45, 2.75) is 39.0 Å². The lowest BCUT2D eigenvalue weighted by atomic mass is 9.73. The first kappa shape index (κ1) is 12.8. The van der Waals surface area contributed by atoms with E-state index >= 15 is 0 Å². The number of hydrogen-bond acceptors (Lipinski definition) is 3. The number of carbonyl (C=O) groups excluding carboxylic acids is 1. The van der Waals surface area contributed by atoms with Gasteiger partial charge in [0.25, 0.3) is 0 Å². The van der Waals surface area contributed by atoms with E-state index in [1.807, 2.05) is 0 Å². The van der Waals surface area contributed by atoms with E-state index in [1.165, 1.54) is 5.56 Å². The van der Waals surface area contributed by atoms with Crippen LogP contribution in [0.4, 0.5) is 0 Å². The van der Waals surface area contributed by atoms with Gasteiger partial charge in [-0.2, -0.15) is 11.3 Å². The summed E-state index contributed by atoms with van der Waals surface area (Å²) in [4.78, 5) is 12.4. The summed E-state index contributed by atoms with van der Waals surface area (Å²) in [6.45, 7) is 4.10. The maximum absolute atomic E-state index is 12.4. The molecule has 2 heterocycles. The van der Waals surface area contributed by atoms with Crippen LogP contribution in [0.15, 0.2) is 16.8 Å². The Kier molecular flexibility index (Phi) is 4.35. The maximum Gasteiger partial charge on any atom is 0.140 e. The Bertz CT molecular complexity index is 352. The van der Waals surface area contributed by atoms with Crippen molar-refractivity contribution >= 4 is 17.1 Å². The standard InChI is InChI=1S/C14H21NOS/c1-2-14(7-3-8-15-11-14)13(16)5-4-12-6-9-17-10-12/h6,9-10,15H,2-5,7-8,11H2,1H3. The molecule has 0 bridgehead atoms. The number of piperidine rings is 1. The van der Waals surface area contributed by atoms with Crippen molar-refractivity contribution in [2.75, 3.05) is 13.1 Å². The molecule has 1 unspecified atom stereocenters. The summed E-state index contributed by atoms with van der Waals surface area (Å²) in [6, 6.07) is 2.12. The molecule has 0 amide bonds. The van der Waals surface area contributed by atoms with Crippen molar-refractivity contribution < 1.29 is 4.79 Å². The van der Waals surface area contributed by atoms with Crippen LogP contribution in [0.1, 0.15) is 38.2 Å². The Balaban J connectivity index is 1.93. The zero-order chi connectivity index (χ0) is 12.1. The van der Waals surface area contributed by atoms with Gasteiger partial charge in [-0.25, -0.2) is 0 Å². The Morgan fingerprint density at radius 1 is 1.59 bits per heavy atom. The van der Waals surface area contributed by atoms with Gasteiger partial charge in [0.1, 0.15) is 5.78 Å². The van der Waals surface area contributed by atoms with Crippen molar-refractivity contribution in [3.63, 3.8) is 0 Å². The van der Waals surface area contributed by atoms with E-state index in [-0.39, 0.29) is 5.41 Å². The molecule has 1 aromatic heterocycles. The highest BCUT2D eigenvalue weighted by Gasteiger charge is 2.36. The minimum absolute atomic E-state index is 0.0751. The lowest BCUT2D eigenvalue weighted by Crippen LogP contribution is -2.45. The topological polar surface area (TPSA) is 29.1 Å². The molecule has 1 aromatic rings. The zero-order valence-electron chi connectivity index (χ0n) is 10.5. The first-order valence-electron chi connectivity index (χ1n) is 6.52. The van der Waals surface area contributed by atoms with Crippen molar-refractivity contribution in [2.24, 2.45) is 5.41 Å². The van der Waals surface area contributed by atoms with Crippen LogP contribution in [0.2, 0.25) is 0 Å². The second kappa shape index (κ2) is 5.78. The molecule has 94 valence electrons. The second-order valence-corrected chi connectivity index (χ2v) is 5.75. The van der Waals surface area contributed by atoms with Crippen LogP contribution < -0.4 is 5.32 Å². The molecule has 0 aliphatic carbocycles. The molecule has 1 atom stereocenters. The molecule has 0 aromatic carbocycles. The normalized spacial score (nSPS) is 24.8. The molecule has 0 saturated carbocycles. The quantitative estimate of drug-likeness (QED) is 0.871. The highest BCUT2D eigenvalue weighted by atomic mass is 32.1. The van der Waals surface area contributed by atoms with Crippen molar-refractivity contribution in [3.05, 3.63) is 22.4 Å². The summed E-state index contributed by atoms with van der Waals surface area (Å²) in [5.41, 5.74) is 1.23. The molecule has 1 N–H and O–H groups in total. The van der Waals surface area contributed by atoms with Gasteiger partial charge in [0.2, 0.25) is 0 Å². The van der Waals surface area contributed by atoms with Crippen molar-refractivity contribution in [1.82, 2.24) is 5.32 Å². The zero-order valence-corrected chi connectivity index (χ0v) is 11.3. The van der Waals surface area contributed by atoms with Crippen molar-refractivity contribution in [3.8, 4) is 0 Å². The van der Waals surface area contributed by atoms with Gasteiger partial charge in [-0.15, -0.1) is 0 Å². The van der Waals surface area contributed by atoms with E-state index in [1.54, 1.807) is 11.3 Å². The molecule has 1 aliphatic heterocycles. The largest absolute Gasteiger partial charge is 0.316 e. The average Bonchev–Trinajstić information content (AvgIpc) is 2.90. The Morgan fingerprint density at radius 2 is 2.47 bits per heavy atom. The van der Waals surface area contributed by atoms with E-state index in [9.17, 15) is 4.79 Å². The Morgan fingerprint density at radius 3 is 3.06 bits per heavy atom. The third-order valence-electron chi connectivity index (χ3n) is 3.96. The number of nitrogens with one attached hydrogen (secondary N) is 1. The first-order chi connectivity index (χ1) is 8.27. The number of ketones is 1. The van der Waals surface area contributed by atoms with Crippen LogP contribution in [-0.2, 0) is 11.2 Å². The summed E-state index contributed by atoms with van der Waals surface area (Å²) in [6.07, 6.45) is 4.79. The van der Waals surface area contributed by atoms with Gasteiger partial charge >= 0.3 is 0 Å². The predicted octanol–water partition coefficient (Wildman–Crippen LogP) is 3.03. The third kappa shape index (κ3) is 2.96. The van der Waals surface area contributed by atoms with Crippen LogP contribution in [0.5, 0.6) is 0 Å². The summed E-state index contributed by atoms with van der Waals surface area (Å²) in [5, 5.41) is 7.61. The van der Waals surface area contributed by atoms with E-state index in [0.29, 0.717) is 12.2 Å². The van der Waals surface area contributed by atoms with Crippen LogP contribution in [0, 0.1) is 5.41 Å². The SMILES string of the molecule is CCC1(C(=O)CCc2ccsc2)CCCNC1. The number of aryl methyl sites for hydroxylation is 1. The van der Waals surface area contributed by atoms with Crippen LogP contribution >= 0.6 is 11.3 Å². The third-order valence-corrected chi connectivity index (χ3v) is 4.69. The van der Waals surface area contributed by atoms with E-state index in [0.717, 1.165) is 38.8 Å². The van der Waals surface area contributed by atoms with Gasteiger partial charge < -0.3 is 5.32 Å². The summed E-state index contributed by atoms with van der Waals surface area (Å²) in [5.74, 6) is 0.457. The van der Waals surface area contributed by atoms with Crippen molar-refractivity contribution in [1.29, 1.82) is 0 Å². The van der Waals surface area contributed by atoms with Gasteiger partial charge in [0, 0.05) is 18.4 Å². The molecular formula is C14H21NOS. The summed E-state index contributed by atoms with van der Waals surface area (Å²) >= 11 is 1.71. The van der Waals surface area contributed by atoms with Gasteiger partial charge in [-0.3, -0.25) is 4.79 Å².